The fraction of sp³-hybridized carbons (Fsp3) is 0.350. The Kier molecular flexibility index (Phi) is 6.08. The van der Waals surface area contributed by atoms with Crippen LogP contribution in [0.4, 0.5) is 0 Å². The monoisotopic (exact) mass is 462 g/mol. The number of likely N-dealkylation sites (tertiary alicyclic amines) is 1. The molecule has 0 atom stereocenters. The van der Waals surface area contributed by atoms with Gasteiger partial charge < -0.3 is 14.1 Å². The number of nitrogens with zero attached hydrogens (tertiary/aromatic N) is 3. The lowest BCUT2D eigenvalue weighted by Crippen LogP contribution is -2.27. The van der Waals surface area contributed by atoms with E-state index in [9.17, 15) is 13.2 Å². The number of sulfonamides is 1. The van der Waals surface area contributed by atoms with Crippen LogP contribution in [0.15, 0.2) is 39.6 Å². The van der Waals surface area contributed by atoms with Crippen molar-refractivity contribution >= 4 is 27.3 Å². The summed E-state index contributed by atoms with van der Waals surface area (Å²) in [5, 5.41) is 7.80. The molecule has 0 saturated carbocycles. The zero-order valence-electron chi connectivity index (χ0n) is 17.1. The van der Waals surface area contributed by atoms with Crippen LogP contribution in [0.1, 0.15) is 34.0 Å². The zero-order valence-corrected chi connectivity index (χ0v) is 18.8. The maximum absolute atomic E-state index is 12.9. The van der Waals surface area contributed by atoms with Gasteiger partial charge in [-0.3, -0.25) is 4.79 Å². The second-order valence-electron chi connectivity index (χ2n) is 7.08. The maximum Gasteiger partial charge on any atom is 0.311 e. The molecule has 1 aliphatic heterocycles. The van der Waals surface area contributed by atoms with Gasteiger partial charge in [-0.05, 0) is 31.9 Å². The van der Waals surface area contributed by atoms with E-state index < -0.39 is 10.0 Å². The number of carbonyl (C=O) groups is 1. The van der Waals surface area contributed by atoms with Gasteiger partial charge in [0.05, 0.1) is 16.9 Å². The van der Waals surface area contributed by atoms with E-state index in [0.717, 1.165) is 18.4 Å². The Labute approximate surface area is 184 Å². The Hall–Kier alpha value is -2.76. The van der Waals surface area contributed by atoms with Crippen molar-refractivity contribution in [3.8, 4) is 16.5 Å². The third kappa shape index (κ3) is 4.48. The third-order valence-corrected chi connectivity index (χ3v) is 7.71. The summed E-state index contributed by atoms with van der Waals surface area (Å²) in [5.41, 5.74) is 0.726. The number of rotatable bonds is 7. The van der Waals surface area contributed by atoms with Crippen molar-refractivity contribution in [2.45, 2.75) is 31.2 Å². The Morgan fingerprint density at radius 2 is 2.00 bits per heavy atom. The molecule has 1 aliphatic rings. The minimum Gasteiger partial charge on any atom is -0.496 e. The summed E-state index contributed by atoms with van der Waals surface area (Å²) in [5.74, 6) is 0.355. The second-order valence-corrected chi connectivity index (χ2v) is 10.1. The van der Waals surface area contributed by atoms with E-state index in [1.807, 2.05) is 12.1 Å². The summed E-state index contributed by atoms with van der Waals surface area (Å²) < 4.78 is 39.2. The number of carbonyl (C=O) groups excluding carboxylic acids is 1. The van der Waals surface area contributed by atoms with Gasteiger partial charge in [0, 0.05) is 30.1 Å². The van der Waals surface area contributed by atoms with Crippen LogP contribution >= 0.6 is 11.3 Å². The summed E-state index contributed by atoms with van der Waals surface area (Å²) >= 11 is 1.22. The van der Waals surface area contributed by atoms with Gasteiger partial charge in [0.25, 0.3) is 5.89 Å². The molecule has 4 rings (SSSR count). The van der Waals surface area contributed by atoms with Gasteiger partial charge in [0.2, 0.25) is 10.0 Å². The van der Waals surface area contributed by atoms with Crippen molar-refractivity contribution in [3.63, 3.8) is 0 Å². The van der Waals surface area contributed by atoms with E-state index in [1.54, 1.807) is 24.0 Å². The molecule has 3 aromatic rings. The Bertz CT molecular complexity index is 1200. The molecule has 164 valence electrons. The first-order valence-corrected chi connectivity index (χ1v) is 12.0. The Morgan fingerprint density at radius 1 is 1.26 bits per heavy atom. The molecule has 31 heavy (non-hydrogen) atoms. The van der Waals surface area contributed by atoms with Crippen LogP contribution < -0.4 is 9.46 Å². The highest BCUT2D eigenvalue weighted by atomic mass is 32.2. The van der Waals surface area contributed by atoms with Crippen LogP contribution in [0.3, 0.4) is 0 Å². The van der Waals surface area contributed by atoms with Crippen LogP contribution in [0.5, 0.6) is 5.75 Å². The molecule has 1 N–H and O–H groups in total. The SMILES string of the molecule is COc1ccccc1CNS(=O)(=O)c1cc(-c2nnc(C(=O)N3CCCC3)o2)sc1C. The van der Waals surface area contributed by atoms with E-state index in [0.29, 0.717) is 28.6 Å². The van der Waals surface area contributed by atoms with Crippen molar-refractivity contribution < 1.29 is 22.4 Å². The van der Waals surface area contributed by atoms with Crippen molar-refractivity contribution in [1.82, 2.24) is 19.8 Å². The number of nitrogens with one attached hydrogen (secondary N) is 1. The zero-order chi connectivity index (χ0) is 22.0. The molecule has 11 heteroatoms. The fourth-order valence-electron chi connectivity index (χ4n) is 3.40. The number of aromatic nitrogens is 2. The minimum atomic E-state index is -3.78. The Balaban J connectivity index is 1.52. The largest absolute Gasteiger partial charge is 0.496 e. The molecular weight excluding hydrogens is 440 g/mol. The van der Waals surface area contributed by atoms with E-state index in [-0.39, 0.29) is 29.1 Å². The predicted molar refractivity (Wildman–Crippen MR) is 115 cm³/mol. The second kappa shape index (κ2) is 8.77. The quantitative estimate of drug-likeness (QED) is 0.574. The number of para-hydroxylation sites is 1. The molecular formula is C20H22N4O5S2. The highest BCUT2D eigenvalue weighted by molar-refractivity contribution is 7.89. The van der Waals surface area contributed by atoms with Crippen molar-refractivity contribution in [2.24, 2.45) is 0 Å². The van der Waals surface area contributed by atoms with Crippen LogP contribution in [0, 0.1) is 6.92 Å². The number of amides is 1. The number of hydrogen-bond donors (Lipinski definition) is 1. The molecule has 3 heterocycles. The fourth-order valence-corrected chi connectivity index (χ4v) is 5.92. The van der Waals surface area contributed by atoms with Crippen LogP contribution in [0.25, 0.3) is 10.8 Å². The normalized spacial score (nSPS) is 14.2. The summed E-state index contributed by atoms with van der Waals surface area (Å²) in [6.45, 7) is 3.15. The molecule has 0 bridgehead atoms. The molecule has 2 aromatic heterocycles. The third-order valence-electron chi connectivity index (χ3n) is 5.02. The predicted octanol–water partition coefficient (Wildman–Crippen LogP) is 2.83. The van der Waals surface area contributed by atoms with Gasteiger partial charge in [-0.2, -0.15) is 0 Å². The lowest BCUT2D eigenvalue weighted by molar-refractivity contribution is 0.0754. The molecule has 0 radical (unpaired) electrons. The standard InChI is InChI=1S/C20H22N4O5S2/c1-13-17(31(26,27)21-12-14-7-3-4-8-15(14)28-2)11-16(30-13)18-22-23-19(29-18)20(25)24-9-5-6-10-24/h3-4,7-8,11,21H,5-6,9-10,12H2,1-2H3. The summed E-state index contributed by atoms with van der Waals surface area (Å²) in [6.07, 6.45) is 1.92. The van der Waals surface area contributed by atoms with Gasteiger partial charge >= 0.3 is 11.8 Å². The molecule has 0 aliphatic carbocycles. The highest BCUT2D eigenvalue weighted by Crippen LogP contribution is 2.33. The lowest BCUT2D eigenvalue weighted by atomic mass is 10.2. The van der Waals surface area contributed by atoms with E-state index >= 15 is 0 Å². The van der Waals surface area contributed by atoms with Gasteiger partial charge in [-0.1, -0.05) is 18.2 Å². The van der Waals surface area contributed by atoms with Gasteiger partial charge in [-0.15, -0.1) is 21.5 Å². The van der Waals surface area contributed by atoms with Crippen molar-refractivity contribution in [3.05, 3.63) is 46.7 Å². The topological polar surface area (TPSA) is 115 Å². The summed E-state index contributed by atoms with van der Waals surface area (Å²) in [4.78, 5) is 15.3. The van der Waals surface area contributed by atoms with E-state index in [4.69, 9.17) is 9.15 Å². The van der Waals surface area contributed by atoms with Crippen molar-refractivity contribution in [1.29, 1.82) is 0 Å². The first kappa shape index (κ1) is 21.5. The Morgan fingerprint density at radius 3 is 2.74 bits per heavy atom. The molecule has 1 saturated heterocycles. The summed E-state index contributed by atoms with van der Waals surface area (Å²) in [7, 11) is -2.25. The number of hydrogen-bond acceptors (Lipinski definition) is 8. The molecule has 9 nitrogen and oxygen atoms in total. The number of benzene rings is 1. The molecule has 1 amide bonds. The van der Waals surface area contributed by atoms with Gasteiger partial charge in [0.1, 0.15) is 5.75 Å². The summed E-state index contributed by atoms with van der Waals surface area (Å²) in [6, 6.07) is 8.69. The number of aryl methyl sites for hydroxylation is 1. The number of methoxy groups -OCH3 is 1. The average molecular weight is 463 g/mol. The van der Waals surface area contributed by atoms with Crippen molar-refractivity contribution in [2.75, 3.05) is 20.2 Å². The smallest absolute Gasteiger partial charge is 0.311 e. The van der Waals surface area contributed by atoms with Gasteiger partial charge in [-0.25, -0.2) is 13.1 Å². The minimum absolute atomic E-state index is 0.0818. The van der Waals surface area contributed by atoms with Crippen LogP contribution in [-0.4, -0.2) is 49.6 Å². The first-order chi connectivity index (χ1) is 14.9. The first-order valence-electron chi connectivity index (χ1n) is 9.74. The highest BCUT2D eigenvalue weighted by Gasteiger charge is 2.27. The van der Waals surface area contributed by atoms with Gasteiger partial charge in [0.15, 0.2) is 0 Å². The molecule has 0 unspecified atom stereocenters. The van der Waals surface area contributed by atoms with E-state index in [2.05, 4.69) is 14.9 Å². The molecule has 1 aromatic carbocycles. The van der Waals surface area contributed by atoms with Crippen LogP contribution in [-0.2, 0) is 16.6 Å². The van der Waals surface area contributed by atoms with E-state index in [1.165, 1.54) is 24.5 Å². The van der Waals surface area contributed by atoms with Crippen LogP contribution in [0.2, 0.25) is 0 Å². The average Bonchev–Trinajstić information content (AvgIpc) is 3.52. The lowest BCUT2D eigenvalue weighted by Gasteiger charge is -2.11. The molecule has 1 fully saturated rings. The number of thiophene rings is 1. The number of ether oxygens (including phenoxy) is 1. The maximum atomic E-state index is 12.9. The molecule has 0 spiro atoms.